The minimum absolute atomic E-state index is 0.279. The Morgan fingerprint density at radius 3 is 2.69 bits per heavy atom. The van der Waals surface area contributed by atoms with Gasteiger partial charge in [-0.25, -0.2) is 28.4 Å². The number of nitrogens with two attached hydrogens (primary N) is 1. The monoisotopic (exact) mass is 469 g/mol. The van der Waals surface area contributed by atoms with E-state index in [0.29, 0.717) is 44.5 Å². The maximum Gasteiger partial charge on any atom is 0.164 e. The second-order valence-corrected chi connectivity index (χ2v) is 8.06. The number of nitrogens with one attached hydrogen (secondary N) is 1. The molecule has 0 saturated carbocycles. The largest absolute Gasteiger partial charge is 0.383 e. The summed E-state index contributed by atoms with van der Waals surface area (Å²) in [5.41, 5.74) is 10.3. The van der Waals surface area contributed by atoms with Gasteiger partial charge in [-0.2, -0.15) is 10.2 Å². The number of anilines is 1. The Morgan fingerprint density at radius 2 is 1.89 bits per heavy atom. The van der Waals surface area contributed by atoms with Crippen LogP contribution in [0.25, 0.3) is 44.3 Å². The van der Waals surface area contributed by atoms with E-state index >= 15 is 0 Å². The van der Waals surface area contributed by atoms with Crippen molar-refractivity contribution in [2.75, 3.05) is 5.73 Å². The molecular weight excluding hydrogens is 452 g/mol. The second kappa shape index (κ2) is 7.90. The molecule has 0 amide bonds. The summed E-state index contributed by atoms with van der Waals surface area (Å²) in [5, 5.41) is 12.7. The maximum absolute atomic E-state index is 14.1. The van der Waals surface area contributed by atoms with E-state index in [9.17, 15) is 8.78 Å². The van der Waals surface area contributed by atoms with E-state index < -0.39 is 17.7 Å². The van der Waals surface area contributed by atoms with E-state index in [0.717, 1.165) is 11.8 Å². The lowest BCUT2D eigenvalue weighted by Gasteiger charge is -2.18. The van der Waals surface area contributed by atoms with Crippen LogP contribution in [0.5, 0.6) is 0 Å². The number of benzene rings is 1. The van der Waals surface area contributed by atoms with Crippen LogP contribution in [0.1, 0.15) is 18.7 Å². The normalized spacial score (nSPS) is 12.4. The highest BCUT2D eigenvalue weighted by Gasteiger charge is 2.24. The molecule has 0 bridgehead atoms. The molecule has 35 heavy (non-hydrogen) atoms. The van der Waals surface area contributed by atoms with Crippen molar-refractivity contribution in [3.8, 4) is 22.4 Å². The maximum atomic E-state index is 14.1. The van der Waals surface area contributed by atoms with Crippen LogP contribution in [-0.2, 0) is 0 Å². The molecule has 0 radical (unpaired) electrons. The van der Waals surface area contributed by atoms with Crippen LogP contribution < -0.4 is 5.73 Å². The Balaban J connectivity index is 1.62. The van der Waals surface area contributed by atoms with Crippen molar-refractivity contribution in [2.45, 2.75) is 13.0 Å². The number of halogens is 2. The van der Waals surface area contributed by atoms with E-state index in [1.807, 2.05) is 6.92 Å². The van der Waals surface area contributed by atoms with Gasteiger partial charge in [0.25, 0.3) is 0 Å². The molecule has 0 saturated heterocycles. The molecule has 1 atom stereocenters. The minimum Gasteiger partial charge on any atom is -0.383 e. The molecule has 0 fully saturated rings. The summed E-state index contributed by atoms with van der Waals surface area (Å²) in [6, 6.07) is 7.01. The summed E-state index contributed by atoms with van der Waals surface area (Å²) in [4.78, 5) is 17.4. The molecule has 0 spiro atoms. The van der Waals surface area contributed by atoms with E-state index in [-0.39, 0.29) is 5.82 Å². The van der Waals surface area contributed by atoms with Crippen LogP contribution in [0.4, 0.5) is 14.6 Å². The predicted molar refractivity (Wildman–Crippen MR) is 126 cm³/mol. The zero-order valence-electron chi connectivity index (χ0n) is 18.3. The average molecular weight is 469 g/mol. The molecule has 5 heterocycles. The quantitative estimate of drug-likeness (QED) is 0.394. The summed E-state index contributed by atoms with van der Waals surface area (Å²) in [6.07, 6.45) is 7.37. The highest BCUT2D eigenvalue weighted by molar-refractivity contribution is 5.98. The zero-order chi connectivity index (χ0) is 24.1. The number of nitrogen functional groups attached to an aromatic ring is 1. The van der Waals surface area contributed by atoms with Crippen molar-refractivity contribution in [1.29, 1.82) is 0 Å². The first-order valence-electron chi connectivity index (χ1n) is 10.7. The lowest BCUT2D eigenvalue weighted by Crippen LogP contribution is -2.13. The molecule has 0 aliphatic rings. The van der Waals surface area contributed by atoms with Crippen LogP contribution in [0.15, 0.2) is 61.4 Å². The van der Waals surface area contributed by atoms with Crippen LogP contribution in [0.2, 0.25) is 0 Å². The van der Waals surface area contributed by atoms with Crippen LogP contribution in [0, 0.1) is 11.6 Å². The van der Waals surface area contributed by atoms with Crippen LogP contribution >= 0.6 is 0 Å². The number of aromatic nitrogens is 8. The van der Waals surface area contributed by atoms with Gasteiger partial charge in [0.2, 0.25) is 0 Å². The van der Waals surface area contributed by atoms with Crippen LogP contribution in [-0.4, -0.2) is 39.9 Å². The van der Waals surface area contributed by atoms with Gasteiger partial charge in [-0.1, -0.05) is 0 Å². The molecule has 1 aromatic carbocycles. The predicted octanol–water partition coefficient (Wildman–Crippen LogP) is 4.30. The molecule has 11 heteroatoms. The van der Waals surface area contributed by atoms with Gasteiger partial charge in [0.1, 0.15) is 29.5 Å². The summed E-state index contributed by atoms with van der Waals surface area (Å²) >= 11 is 0. The first kappa shape index (κ1) is 20.8. The summed E-state index contributed by atoms with van der Waals surface area (Å²) in [7, 11) is 0. The first-order chi connectivity index (χ1) is 17.0. The molecule has 9 nitrogen and oxygen atoms in total. The fourth-order valence-electron chi connectivity index (χ4n) is 4.23. The van der Waals surface area contributed by atoms with Crippen LogP contribution in [0.3, 0.4) is 0 Å². The lowest BCUT2D eigenvalue weighted by atomic mass is 9.99. The van der Waals surface area contributed by atoms with E-state index in [1.54, 1.807) is 35.4 Å². The summed E-state index contributed by atoms with van der Waals surface area (Å²) in [6.45, 7) is 1.90. The molecular formula is C24H17F2N9. The third-order valence-corrected chi connectivity index (χ3v) is 5.87. The van der Waals surface area contributed by atoms with Gasteiger partial charge in [0.15, 0.2) is 5.65 Å². The number of rotatable bonds is 4. The summed E-state index contributed by atoms with van der Waals surface area (Å²) in [5.74, 6) is -0.604. The Kier molecular flexibility index (Phi) is 4.69. The number of hydrogen-bond donors (Lipinski definition) is 2. The summed E-state index contributed by atoms with van der Waals surface area (Å²) < 4.78 is 29.8. The smallest absolute Gasteiger partial charge is 0.164 e. The van der Waals surface area contributed by atoms with Gasteiger partial charge in [-0.15, -0.1) is 0 Å². The topological polar surface area (TPSA) is 124 Å². The van der Waals surface area contributed by atoms with Crippen molar-refractivity contribution in [1.82, 2.24) is 39.9 Å². The second-order valence-electron chi connectivity index (χ2n) is 8.06. The van der Waals surface area contributed by atoms with E-state index in [1.165, 1.54) is 24.5 Å². The molecule has 3 N–H and O–H groups in total. The van der Waals surface area contributed by atoms with E-state index in [4.69, 9.17) is 15.8 Å². The van der Waals surface area contributed by atoms with Crippen molar-refractivity contribution < 1.29 is 8.78 Å². The SMILES string of the molecule is CC(c1nc2ccc(F)cc2cc1-c1cncc(F)c1)n1nc(-c2cn[nH]c2)c2c(N)ncnc21. The number of pyridine rings is 2. The molecule has 0 aliphatic heterocycles. The van der Waals surface area contributed by atoms with Crippen molar-refractivity contribution in [2.24, 2.45) is 0 Å². The van der Waals surface area contributed by atoms with Gasteiger partial charge < -0.3 is 5.73 Å². The average Bonchev–Trinajstić information content (AvgIpc) is 3.51. The third kappa shape index (κ3) is 3.44. The first-order valence-corrected chi connectivity index (χ1v) is 10.7. The minimum atomic E-state index is -0.493. The van der Waals surface area contributed by atoms with Gasteiger partial charge in [-0.3, -0.25) is 10.1 Å². The van der Waals surface area contributed by atoms with E-state index in [2.05, 4.69) is 25.1 Å². The van der Waals surface area contributed by atoms with Gasteiger partial charge in [0.05, 0.1) is 35.0 Å². The number of aromatic amines is 1. The Morgan fingerprint density at radius 1 is 1.00 bits per heavy atom. The fraction of sp³-hybridized carbons (Fsp3) is 0.0833. The molecule has 5 aromatic heterocycles. The van der Waals surface area contributed by atoms with Gasteiger partial charge in [-0.05, 0) is 37.3 Å². The molecule has 1 unspecified atom stereocenters. The van der Waals surface area contributed by atoms with Crippen molar-refractivity contribution >= 4 is 27.8 Å². The molecule has 6 aromatic rings. The number of H-pyrrole nitrogens is 1. The Labute approximate surface area is 196 Å². The zero-order valence-corrected chi connectivity index (χ0v) is 18.3. The Hall–Kier alpha value is -4.80. The van der Waals surface area contributed by atoms with Gasteiger partial charge >= 0.3 is 0 Å². The number of fused-ring (bicyclic) bond motifs is 2. The van der Waals surface area contributed by atoms with Crippen molar-refractivity contribution in [3.63, 3.8) is 0 Å². The molecule has 172 valence electrons. The fourth-order valence-corrected chi connectivity index (χ4v) is 4.23. The Bertz CT molecular complexity index is 1710. The number of hydrogen-bond acceptors (Lipinski definition) is 7. The van der Waals surface area contributed by atoms with Gasteiger partial charge in [0, 0.05) is 34.5 Å². The number of nitrogens with zero attached hydrogens (tertiary/aromatic N) is 7. The standard InChI is InChI=1S/C24H17F2N9/c1-12(35-24-20(23(27)29-11-30-24)22(34-35)15-8-31-32-9-15)21-18(14-5-17(26)10-28-7-14)6-13-4-16(25)2-3-19(13)33-21/h2-12H,1H3,(H,31,32)(H2,27,29,30). The van der Waals surface area contributed by atoms with Crippen molar-refractivity contribution in [3.05, 3.63) is 78.8 Å². The molecule has 0 aliphatic carbocycles. The highest BCUT2D eigenvalue weighted by atomic mass is 19.1. The molecule has 6 rings (SSSR count). The highest BCUT2D eigenvalue weighted by Crippen LogP contribution is 2.36. The third-order valence-electron chi connectivity index (χ3n) is 5.87. The lowest BCUT2D eigenvalue weighted by molar-refractivity contribution is 0.569.